The highest BCUT2D eigenvalue weighted by Crippen LogP contribution is 2.28. The summed E-state index contributed by atoms with van der Waals surface area (Å²) < 4.78 is 26.7. The zero-order valence-electron chi connectivity index (χ0n) is 12.0. The number of benzene rings is 2. The van der Waals surface area contributed by atoms with Gasteiger partial charge in [-0.2, -0.15) is 0 Å². The minimum Gasteiger partial charge on any atom is -0.508 e. The molecule has 2 aromatic carbocycles. The maximum Gasteiger partial charge on any atom is 0.281 e. The standard InChI is InChI=1S/C16H10F2N2O4/c17-11-5-8(6-12(18)15(11)23)19-13-7-14(22)20(16(13)24)9-1-3-10(21)4-2-9/h1-7,19,21,23H. The zero-order chi connectivity index (χ0) is 17.4. The van der Waals surface area contributed by atoms with Gasteiger partial charge < -0.3 is 15.5 Å². The molecule has 0 aliphatic carbocycles. The molecule has 0 radical (unpaired) electrons. The molecule has 0 aromatic heterocycles. The Kier molecular flexibility index (Phi) is 3.64. The normalized spacial score (nSPS) is 14.1. The number of phenolic OH excluding ortho intramolecular Hbond substituents is 2. The molecule has 0 fully saturated rings. The zero-order valence-corrected chi connectivity index (χ0v) is 12.0. The fourth-order valence-electron chi connectivity index (χ4n) is 2.20. The topological polar surface area (TPSA) is 89.9 Å². The van der Waals surface area contributed by atoms with Gasteiger partial charge in [0.05, 0.1) is 5.69 Å². The summed E-state index contributed by atoms with van der Waals surface area (Å²) in [4.78, 5) is 25.2. The molecule has 24 heavy (non-hydrogen) atoms. The van der Waals surface area contributed by atoms with E-state index in [-0.39, 0.29) is 22.8 Å². The van der Waals surface area contributed by atoms with E-state index in [1.807, 2.05) is 0 Å². The summed E-state index contributed by atoms with van der Waals surface area (Å²) in [6.07, 6.45) is 0.984. The van der Waals surface area contributed by atoms with E-state index in [4.69, 9.17) is 5.11 Å². The van der Waals surface area contributed by atoms with Crippen LogP contribution in [-0.4, -0.2) is 22.0 Å². The molecule has 1 aliphatic heterocycles. The van der Waals surface area contributed by atoms with Gasteiger partial charge in [-0.1, -0.05) is 0 Å². The summed E-state index contributed by atoms with van der Waals surface area (Å²) in [5.74, 6) is -4.93. The molecular weight excluding hydrogens is 322 g/mol. The van der Waals surface area contributed by atoms with Gasteiger partial charge in [0.2, 0.25) is 0 Å². The molecule has 0 saturated heterocycles. The molecule has 1 aliphatic rings. The van der Waals surface area contributed by atoms with Gasteiger partial charge in [0, 0.05) is 23.9 Å². The Labute approximate surface area is 134 Å². The SMILES string of the molecule is O=C1C=C(Nc2cc(F)c(O)c(F)c2)C(=O)N1c1ccc(O)cc1. The lowest BCUT2D eigenvalue weighted by Crippen LogP contribution is -2.31. The van der Waals surface area contributed by atoms with Gasteiger partial charge >= 0.3 is 0 Å². The van der Waals surface area contributed by atoms with Crippen LogP contribution in [0.1, 0.15) is 0 Å². The monoisotopic (exact) mass is 332 g/mol. The van der Waals surface area contributed by atoms with Gasteiger partial charge in [0.25, 0.3) is 11.8 Å². The number of nitrogens with zero attached hydrogens (tertiary/aromatic N) is 1. The fraction of sp³-hybridized carbons (Fsp3) is 0. The molecular formula is C16H10F2N2O4. The Hall–Kier alpha value is -3.42. The van der Waals surface area contributed by atoms with E-state index in [1.165, 1.54) is 24.3 Å². The molecule has 3 N–H and O–H groups in total. The first-order chi connectivity index (χ1) is 11.4. The predicted octanol–water partition coefficient (Wildman–Crippen LogP) is 2.25. The van der Waals surface area contributed by atoms with E-state index in [0.29, 0.717) is 0 Å². The van der Waals surface area contributed by atoms with Crippen molar-refractivity contribution in [3.8, 4) is 11.5 Å². The molecule has 0 bridgehead atoms. The highest BCUT2D eigenvalue weighted by atomic mass is 19.1. The van der Waals surface area contributed by atoms with Crippen LogP contribution in [0.2, 0.25) is 0 Å². The summed E-state index contributed by atoms with van der Waals surface area (Å²) in [6.45, 7) is 0. The van der Waals surface area contributed by atoms with Crippen molar-refractivity contribution in [3.63, 3.8) is 0 Å². The van der Waals surface area contributed by atoms with Crippen molar-refractivity contribution in [2.75, 3.05) is 10.2 Å². The van der Waals surface area contributed by atoms with Crippen LogP contribution < -0.4 is 10.2 Å². The Balaban J connectivity index is 1.86. The van der Waals surface area contributed by atoms with Crippen molar-refractivity contribution < 1.29 is 28.6 Å². The molecule has 0 spiro atoms. The van der Waals surface area contributed by atoms with Crippen molar-refractivity contribution in [2.45, 2.75) is 0 Å². The number of nitrogens with one attached hydrogen (secondary N) is 1. The van der Waals surface area contributed by atoms with Crippen LogP contribution in [0.4, 0.5) is 20.2 Å². The second-order valence-electron chi connectivity index (χ2n) is 4.97. The number of amides is 2. The lowest BCUT2D eigenvalue weighted by molar-refractivity contribution is -0.120. The third-order valence-corrected chi connectivity index (χ3v) is 3.33. The van der Waals surface area contributed by atoms with Crippen LogP contribution in [0.5, 0.6) is 11.5 Å². The first-order valence-corrected chi connectivity index (χ1v) is 6.71. The van der Waals surface area contributed by atoms with Crippen molar-refractivity contribution in [2.24, 2.45) is 0 Å². The smallest absolute Gasteiger partial charge is 0.281 e. The van der Waals surface area contributed by atoms with E-state index in [2.05, 4.69) is 5.32 Å². The highest BCUT2D eigenvalue weighted by Gasteiger charge is 2.32. The number of phenols is 2. The van der Waals surface area contributed by atoms with Crippen LogP contribution >= 0.6 is 0 Å². The van der Waals surface area contributed by atoms with E-state index < -0.39 is 29.2 Å². The second kappa shape index (κ2) is 5.65. The number of rotatable bonds is 3. The van der Waals surface area contributed by atoms with Crippen molar-refractivity contribution in [1.29, 1.82) is 0 Å². The third-order valence-electron chi connectivity index (χ3n) is 3.33. The molecule has 2 amide bonds. The van der Waals surface area contributed by atoms with Gasteiger partial charge in [-0.05, 0) is 24.3 Å². The Morgan fingerprint density at radius 3 is 2.12 bits per heavy atom. The van der Waals surface area contributed by atoms with Crippen molar-refractivity contribution in [1.82, 2.24) is 0 Å². The third kappa shape index (κ3) is 2.65. The lowest BCUT2D eigenvalue weighted by Gasteiger charge is -2.15. The average Bonchev–Trinajstić information content (AvgIpc) is 2.80. The van der Waals surface area contributed by atoms with Crippen LogP contribution in [-0.2, 0) is 9.59 Å². The van der Waals surface area contributed by atoms with Crippen LogP contribution in [0.15, 0.2) is 48.2 Å². The van der Waals surface area contributed by atoms with Crippen LogP contribution in [0, 0.1) is 11.6 Å². The Bertz CT molecular complexity index is 855. The maximum absolute atomic E-state index is 13.3. The molecule has 8 heteroatoms. The maximum atomic E-state index is 13.3. The lowest BCUT2D eigenvalue weighted by atomic mass is 10.2. The van der Waals surface area contributed by atoms with Gasteiger partial charge in [-0.25, -0.2) is 13.7 Å². The Morgan fingerprint density at radius 1 is 0.958 bits per heavy atom. The minimum absolute atomic E-state index is 0.0285. The first-order valence-electron chi connectivity index (χ1n) is 6.71. The quantitative estimate of drug-likeness (QED) is 0.592. The molecule has 0 saturated carbocycles. The van der Waals surface area contributed by atoms with Crippen LogP contribution in [0.3, 0.4) is 0 Å². The van der Waals surface area contributed by atoms with Gasteiger partial charge in [-0.3, -0.25) is 9.59 Å². The van der Waals surface area contributed by atoms with E-state index in [0.717, 1.165) is 23.1 Å². The number of halogens is 2. The number of carbonyl (C=O) groups excluding carboxylic acids is 2. The molecule has 0 atom stereocenters. The summed E-state index contributed by atoms with van der Waals surface area (Å²) in [7, 11) is 0. The fourth-order valence-corrected chi connectivity index (χ4v) is 2.20. The number of imide groups is 1. The average molecular weight is 332 g/mol. The highest BCUT2D eigenvalue weighted by molar-refractivity contribution is 6.31. The van der Waals surface area contributed by atoms with E-state index in [1.54, 1.807) is 0 Å². The molecule has 2 aromatic rings. The molecule has 0 unspecified atom stereocenters. The molecule has 6 nitrogen and oxygen atoms in total. The summed E-state index contributed by atoms with van der Waals surface area (Å²) in [5.41, 5.74) is -0.0840. The minimum atomic E-state index is -1.20. The summed E-state index contributed by atoms with van der Waals surface area (Å²) >= 11 is 0. The van der Waals surface area contributed by atoms with Crippen LogP contribution in [0.25, 0.3) is 0 Å². The molecule has 3 rings (SSSR count). The largest absolute Gasteiger partial charge is 0.508 e. The van der Waals surface area contributed by atoms with Crippen molar-refractivity contribution >= 4 is 23.2 Å². The summed E-state index contributed by atoms with van der Waals surface area (Å²) in [6, 6.07) is 6.96. The second-order valence-corrected chi connectivity index (χ2v) is 4.97. The summed E-state index contributed by atoms with van der Waals surface area (Å²) in [5, 5.41) is 20.8. The Morgan fingerprint density at radius 2 is 1.54 bits per heavy atom. The number of hydrogen-bond acceptors (Lipinski definition) is 5. The number of carbonyl (C=O) groups is 2. The van der Waals surface area contributed by atoms with Gasteiger partial charge in [-0.15, -0.1) is 0 Å². The van der Waals surface area contributed by atoms with Crippen molar-refractivity contribution in [3.05, 3.63) is 59.8 Å². The number of anilines is 2. The van der Waals surface area contributed by atoms with E-state index in [9.17, 15) is 23.5 Å². The number of hydrogen-bond donors (Lipinski definition) is 3. The first kappa shape index (κ1) is 15.5. The van der Waals surface area contributed by atoms with Gasteiger partial charge in [0.15, 0.2) is 17.4 Å². The van der Waals surface area contributed by atoms with E-state index >= 15 is 0 Å². The number of aromatic hydroxyl groups is 2. The predicted molar refractivity (Wildman–Crippen MR) is 80.3 cm³/mol. The molecule has 122 valence electrons. The molecule has 1 heterocycles. The van der Waals surface area contributed by atoms with Gasteiger partial charge in [0.1, 0.15) is 11.4 Å².